The largest absolute Gasteiger partial charge is 0.326 e. The van der Waals surface area contributed by atoms with E-state index in [0.29, 0.717) is 23.0 Å². The molecule has 0 bridgehead atoms. The minimum absolute atomic E-state index is 0.0516. The lowest BCUT2D eigenvalue weighted by Gasteiger charge is -2.04. The zero-order valence-corrected chi connectivity index (χ0v) is 11.8. The Labute approximate surface area is 124 Å². The Bertz CT molecular complexity index is 699. The SMILES string of the molecule is O=C1Cc2cc(C(=O)Nc3nc(CCl)cs3)ccc2N1. The molecule has 0 saturated heterocycles. The van der Waals surface area contributed by atoms with Gasteiger partial charge in [-0.2, -0.15) is 0 Å². The molecule has 0 fully saturated rings. The van der Waals surface area contributed by atoms with Crippen molar-refractivity contribution >= 4 is 45.6 Å². The highest BCUT2D eigenvalue weighted by molar-refractivity contribution is 7.14. The van der Waals surface area contributed by atoms with E-state index in [4.69, 9.17) is 11.6 Å². The number of carbonyl (C=O) groups excluding carboxylic acids is 2. The number of hydrogen-bond donors (Lipinski definition) is 2. The molecular formula is C13H10ClN3O2S. The second-order valence-electron chi connectivity index (χ2n) is 4.33. The van der Waals surface area contributed by atoms with E-state index in [1.165, 1.54) is 11.3 Å². The van der Waals surface area contributed by atoms with Gasteiger partial charge in [-0.25, -0.2) is 4.98 Å². The Morgan fingerprint density at radius 1 is 1.50 bits per heavy atom. The number of amides is 2. The van der Waals surface area contributed by atoms with Crippen molar-refractivity contribution in [2.75, 3.05) is 10.6 Å². The van der Waals surface area contributed by atoms with Crippen LogP contribution in [-0.2, 0) is 17.1 Å². The van der Waals surface area contributed by atoms with Crippen molar-refractivity contribution in [1.29, 1.82) is 0 Å². The molecule has 0 atom stereocenters. The first-order chi connectivity index (χ1) is 9.65. The number of carbonyl (C=O) groups is 2. The number of hydrogen-bond acceptors (Lipinski definition) is 4. The molecule has 0 unspecified atom stereocenters. The van der Waals surface area contributed by atoms with Crippen LogP contribution in [-0.4, -0.2) is 16.8 Å². The summed E-state index contributed by atoms with van der Waals surface area (Å²) in [6, 6.07) is 5.13. The highest BCUT2D eigenvalue weighted by atomic mass is 35.5. The first-order valence-electron chi connectivity index (χ1n) is 5.90. The molecular weight excluding hydrogens is 298 g/mol. The molecule has 1 aromatic carbocycles. The standard InChI is InChI=1S/C13H10ClN3O2S/c14-5-9-6-20-13(15-9)17-12(19)7-1-2-10-8(3-7)4-11(18)16-10/h1-3,6H,4-5H2,(H,16,18)(H,15,17,19). The highest BCUT2D eigenvalue weighted by Crippen LogP contribution is 2.24. The molecule has 2 heterocycles. The van der Waals surface area contributed by atoms with Gasteiger partial charge in [-0.15, -0.1) is 22.9 Å². The van der Waals surface area contributed by atoms with Crippen LogP contribution in [0.25, 0.3) is 0 Å². The minimum atomic E-state index is -0.248. The van der Waals surface area contributed by atoms with Gasteiger partial charge < -0.3 is 5.32 Å². The van der Waals surface area contributed by atoms with Crippen molar-refractivity contribution in [2.24, 2.45) is 0 Å². The van der Waals surface area contributed by atoms with Crippen LogP contribution in [0.5, 0.6) is 0 Å². The summed E-state index contributed by atoms with van der Waals surface area (Å²) in [6.45, 7) is 0. The normalized spacial score (nSPS) is 12.9. The van der Waals surface area contributed by atoms with E-state index in [2.05, 4.69) is 15.6 Å². The van der Waals surface area contributed by atoms with Crippen LogP contribution in [0.2, 0.25) is 0 Å². The first kappa shape index (κ1) is 13.1. The Hall–Kier alpha value is -1.92. The summed E-state index contributed by atoms with van der Waals surface area (Å²) in [7, 11) is 0. The zero-order chi connectivity index (χ0) is 14.1. The third-order valence-corrected chi connectivity index (χ3v) is 3.98. The van der Waals surface area contributed by atoms with Gasteiger partial charge in [0.15, 0.2) is 5.13 Å². The lowest BCUT2D eigenvalue weighted by Crippen LogP contribution is -2.12. The van der Waals surface area contributed by atoms with Crippen LogP contribution >= 0.6 is 22.9 Å². The van der Waals surface area contributed by atoms with Crippen LogP contribution in [0.1, 0.15) is 21.6 Å². The number of fused-ring (bicyclic) bond motifs is 1. The van der Waals surface area contributed by atoms with Crippen molar-refractivity contribution in [3.05, 3.63) is 40.4 Å². The summed E-state index contributed by atoms with van der Waals surface area (Å²) < 4.78 is 0. The average molecular weight is 308 g/mol. The van der Waals surface area contributed by atoms with Gasteiger partial charge in [0.1, 0.15) is 0 Å². The third-order valence-electron chi connectivity index (χ3n) is 2.90. The number of nitrogens with one attached hydrogen (secondary N) is 2. The molecule has 7 heteroatoms. The van der Waals surface area contributed by atoms with Crippen LogP contribution in [0.15, 0.2) is 23.6 Å². The molecule has 0 saturated carbocycles. The molecule has 1 aromatic heterocycles. The van der Waals surface area contributed by atoms with E-state index in [9.17, 15) is 9.59 Å². The average Bonchev–Trinajstić information content (AvgIpc) is 3.02. The number of alkyl halides is 1. The summed E-state index contributed by atoms with van der Waals surface area (Å²) in [4.78, 5) is 27.6. The number of halogens is 1. The zero-order valence-electron chi connectivity index (χ0n) is 10.3. The number of anilines is 2. The van der Waals surface area contributed by atoms with Crippen molar-refractivity contribution in [3.8, 4) is 0 Å². The fraction of sp³-hybridized carbons (Fsp3) is 0.154. The number of thiazole rings is 1. The Balaban J connectivity index is 1.77. The topological polar surface area (TPSA) is 71.1 Å². The number of rotatable bonds is 3. The van der Waals surface area contributed by atoms with E-state index in [-0.39, 0.29) is 11.8 Å². The van der Waals surface area contributed by atoms with Crippen LogP contribution in [0.3, 0.4) is 0 Å². The molecule has 0 radical (unpaired) electrons. The van der Waals surface area contributed by atoms with Crippen LogP contribution < -0.4 is 10.6 Å². The molecule has 20 heavy (non-hydrogen) atoms. The quantitative estimate of drug-likeness (QED) is 0.856. The van der Waals surface area contributed by atoms with Gasteiger partial charge in [0.05, 0.1) is 18.0 Å². The van der Waals surface area contributed by atoms with Crippen molar-refractivity contribution < 1.29 is 9.59 Å². The molecule has 102 valence electrons. The smallest absolute Gasteiger partial charge is 0.257 e. The van der Waals surface area contributed by atoms with Gasteiger partial charge in [0, 0.05) is 16.6 Å². The van der Waals surface area contributed by atoms with Crippen LogP contribution in [0.4, 0.5) is 10.8 Å². The summed E-state index contributed by atoms with van der Waals surface area (Å²) in [5.41, 5.74) is 2.84. The van der Waals surface area contributed by atoms with E-state index in [0.717, 1.165) is 16.9 Å². The molecule has 5 nitrogen and oxygen atoms in total. The van der Waals surface area contributed by atoms with Gasteiger partial charge >= 0.3 is 0 Å². The Morgan fingerprint density at radius 2 is 2.35 bits per heavy atom. The molecule has 0 spiro atoms. The Kier molecular flexibility index (Phi) is 3.42. The second-order valence-corrected chi connectivity index (χ2v) is 5.45. The van der Waals surface area contributed by atoms with Gasteiger partial charge in [-0.3, -0.25) is 14.9 Å². The third kappa shape index (κ3) is 2.52. The van der Waals surface area contributed by atoms with E-state index in [1.807, 2.05) is 0 Å². The molecule has 0 aliphatic carbocycles. The predicted octanol–water partition coefficient (Wildman–Crippen LogP) is 2.63. The summed E-state index contributed by atoms with van der Waals surface area (Å²) in [5.74, 6) is 0.0192. The first-order valence-corrected chi connectivity index (χ1v) is 7.31. The molecule has 2 amide bonds. The maximum Gasteiger partial charge on any atom is 0.257 e. The molecule has 3 rings (SSSR count). The van der Waals surface area contributed by atoms with Crippen molar-refractivity contribution in [2.45, 2.75) is 12.3 Å². The summed E-state index contributed by atoms with van der Waals surface area (Å²) in [6.07, 6.45) is 0.310. The molecule has 2 N–H and O–H groups in total. The Morgan fingerprint density at radius 3 is 3.10 bits per heavy atom. The van der Waals surface area contributed by atoms with E-state index in [1.54, 1.807) is 23.6 Å². The number of nitrogens with zero attached hydrogens (tertiary/aromatic N) is 1. The summed E-state index contributed by atoms with van der Waals surface area (Å²) in [5, 5.41) is 7.76. The number of benzene rings is 1. The minimum Gasteiger partial charge on any atom is -0.326 e. The van der Waals surface area contributed by atoms with Gasteiger partial charge in [-0.1, -0.05) is 0 Å². The molecule has 1 aliphatic rings. The van der Waals surface area contributed by atoms with Gasteiger partial charge in [-0.05, 0) is 23.8 Å². The van der Waals surface area contributed by atoms with Crippen molar-refractivity contribution in [3.63, 3.8) is 0 Å². The maximum atomic E-state index is 12.1. The van der Waals surface area contributed by atoms with E-state index < -0.39 is 0 Å². The van der Waals surface area contributed by atoms with Crippen molar-refractivity contribution in [1.82, 2.24) is 4.98 Å². The molecule has 2 aromatic rings. The fourth-order valence-corrected chi connectivity index (χ4v) is 2.90. The van der Waals surface area contributed by atoms with E-state index >= 15 is 0 Å². The fourth-order valence-electron chi connectivity index (χ4n) is 1.97. The summed E-state index contributed by atoms with van der Waals surface area (Å²) >= 11 is 6.99. The predicted molar refractivity (Wildman–Crippen MR) is 78.4 cm³/mol. The monoisotopic (exact) mass is 307 g/mol. The lowest BCUT2D eigenvalue weighted by molar-refractivity contribution is -0.115. The van der Waals surface area contributed by atoms with Gasteiger partial charge in [0.25, 0.3) is 5.91 Å². The van der Waals surface area contributed by atoms with Crippen LogP contribution in [0, 0.1) is 0 Å². The highest BCUT2D eigenvalue weighted by Gasteiger charge is 2.19. The molecule has 1 aliphatic heterocycles. The second kappa shape index (κ2) is 5.22. The number of aromatic nitrogens is 1. The van der Waals surface area contributed by atoms with Gasteiger partial charge in [0.2, 0.25) is 5.91 Å². The maximum absolute atomic E-state index is 12.1. The lowest BCUT2D eigenvalue weighted by atomic mass is 10.1.